The van der Waals surface area contributed by atoms with Crippen LogP contribution in [0.3, 0.4) is 0 Å². The fourth-order valence-corrected chi connectivity index (χ4v) is 2.40. The van der Waals surface area contributed by atoms with E-state index in [0.29, 0.717) is 23.3 Å². The molecule has 1 aromatic heterocycles. The van der Waals surface area contributed by atoms with Gasteiger partial charge in [0.1, 0.15) is 5.52 Å². The number of carbonyl (C=O) groups excluding carboxylic acids is 1. The predicted octanol–water partition coefficient (Wildman–Crippen LogP) is 2.92. The largest absolute Gasteiger partial charge is 0.321 e. The monoisotopic (exact) mass is 325 g/mol. The Hall–Kier alpha value is -3.29. The van der Waals surface area contributed by atoms with E-state index in [1.54, 1.807) is 35.9 Å². The van der Waals surface area contributed by atoms with Gasteiger partial charge in [-0.25, -0.2) is 4.68 Å². The third-order valence-corrected chi connectivity index (χ3v) is 3.76. The van der Waals surface area contributed by atoms with Crippen LogP contribution >= 0.6 is 0 Å². The van der Waals surface area contributed by atoms with E-state index in [4.69, 9.17) is 0 Å². The van der Waals surface area contributed by atoms with E-state index in [1.807, 2.05) is 6.92 Å². The van der Waals surface area contributed by atoms with Gasteiger partial charge in [0.15, 0.2) is 0 Å². The van der Waals surface area contributed by atoms with Crippen molar-refractivity contribution in [1.29, 1.82) is 0 Å². The van der Waals surface area contributed by atoms with E-state index in [2.05, 4.69) is 15.6 Å². The van der Waals surface area contributed by atoms with Crippen LogP contribution in [-0.4, -0.2) is 25.8 Å². The van der Waals surface area contributed by atoms with Crippen LogP contribution in [0.1, 0.15) is 22.8 Å². The molecule has 0 aliphatic heterocycles. The van der Waals surface area contributed by atoms with Gasteiger partial charge in [-0.05, 0) is 37.6 Å². The third-order valence-electron chi connectivity index (χ3n) is 3.76. The smallest absolute Gasteiger partial charge is 0.271 e. The van der Waals surface area contributed by atoms with Gasteiger partial charge in [-0.1, -0.05) is 11.3 Å². The number of carbonyl (C=O) groups is 1. The Morgan fingerprint density at radius 2 is 2.08 bits per heavy atom. The second-order valence-corrected chi connectivity index (χ2v) is 5.32. The number of nitro groups is 1. The maximum absolute atomic E-state index is 12.4. The van der Waals surface area contributed by atoms with Crippen molar-refractivity contribution in [3.05, 3.63) is 57.6 Å². The van der Waals surface area contributed by atoms with Crippen LogP contribution in [0.25, 0.3) is 11.0 Å². The average Bonchev–Trinajstić information content (AvgIpc) is 2.98. The topological polar surface area (TPSA) is 103 Å². The number of nitro benzene ring substituents is 1. The van der Waals surface area contributed by atoms with Gasteiger partial charge < -0.3 is 5.32 Å². The maximum atomic E-state index is 12.4. The SMILES string of the molecule is CCn1nnc2cc(C(=O)Nc3cc([N+](=O)[O-])ccc3C)ccc21. The van der Waals surface area contributed by atoms with Crippen molar-refractivity contribution in [2.24, 2.45) is 0 Å². The van der Waals surface area contributed by atoms with Gasteiger partial charge in [-0.15, -0.1) is 5.10 Å². The molecular weight excluding hydrogens is 310 g/mol. The maximum Gasteiger partial charge on any atom is 0.271 e. The van der Waals surface area contributed by atoms with E-state index in [0.717, 1.165) is 11.1 Å². The molecule has 1 heterocycles. The quantitative estimate of drug-likeness (QED) is 0.587. The number of nitrogens with zero attached hydrogens (tertiary/aromatic N) is 4. The fourth-order valence-electron chi connectivity index (χ4n) is 2.40. The van der Waals surface area contributed by atoms with E-state index in [-0.39, 0.29) is 11.6 Å². The molecule has 0 saturated carbocycles. The number of non-ortho nitro benzene ring substituents is 1. The summed E-state index contributed by atoms with van der Waals surface area (Å²) < 4.78 is 1.74. The number of benzene rings is 2. The molecule has 0 saturated heterocycles. The van der Waals surface area contributed by atoms with Crippen molar-refractivity contribution in [1.82, 2.24) is 15.0 Å². The van der Waals surface area contributed by atoms with E-state index >= 15 is 0 Å². The molecule has 24 heavy (non-hydrogen) atoms. The highest BCUT2D eigenvalue weighted by atomic mass is 16.6. The van der Waals surface area contributed by atoms with Gasteiger partial charge in [0.25, 0.3) is 11.6 Å². The van der Waals surface area contributed by atoms with Gasteiger partial charge in [0.05, 0.1) is 16.1 Å². The number of fused-ring (bicyclic) bond motifs is 1. The van der Waals surface area contributed by atoms with E-state index in [1.165, 1.54) is 12.1 Å². The predicted molar refractivity (Wildman–Crippen MR) is 89.0 cm³/mol. The van der Waals surface area contributed by atoms with Crippen LogP contribution < -0.4 is 5.32 Å². The summed E-state index contributed by atoms with van der Waals surface area (Å²) in [5.74, 6) is -0.355. The van der Waals surface area contributed by atoms with Gasteiger partial charge in [-0.2, -0.15) is 0 Å². The summed E-state index contributed by atoms with van der Waals surface area (Å²) in [7, 11) is 0. The minimum absolute atomic E-state index is 0.0720. The Bertz CT molecular complexity index is 948. The molecule has 0 spiro atoms. The standard InChI is InChI=1S/C16H15N5O3/c1-3-20-15-7-5-11(8-14(15)18-19-20)16(22)17-13-9-12(21(23)24)6-4-10(13)2/h4-9H,3H2,1-2H3,(H,17,22). The highest BCUT2D eigenvalue weighted by Gasteiger charge is 2.14. The molecule has 0 bridgehead atoms. The first kappa shape index (κ1) is 15.6. The normalized spacial score (nSPS) is 10.8. The Balaban J connectivity index is 1.90. The summed E-state index contributed by atoms with van der Waals surface area (Å²) in [6.07, 6.45) is 0. The minimum Gasteiger partial charge on any atom is -0.321 e. The molecular formula is C16H15N5O3. The first-order valence-electron chi connectivity index (χ1n) is 7.39. The average molecular weight is 325 g/mol. The summed E-state index contributed by atoms with van der Waals surface area (Å²) in [4.78, 5) is 22.8. The van der Waals surface area contributed by atoms with Gasteiger partial charge in [0.2, 0.25) is 0 Å². The number of amides is 1. The molecule has 8 heteroatoms. The Morgan fingerprint density at radius 3 is 2.79 bits per heavy atom. The Morgan fingerprint density at radius 1 is 1.29 bits per heavy atom. The van der Waals surface area contributed by atoms with Gasteiger partial charge in [-0.3, -0.25) is 14.9 Å². The molecule has 122 valence electrons. The molecule has 0 atom stereocenters. The number of rotatable bonds is 4. The molecule has 1 N–H and O–H groups in total. The lowest BCUT2D eigenvalue weighted by atomic mass is 10.1. The summed E-state index contributed by atoms with van der Waals surface area (Å²) in [5, 5.41) is 21.6. The third kappa shape index (κ3) is 2.81. The molecule has 0 radical (unpaired) electrons. The lowest BCUT2D eigenvalue weighted by Crippen LogP contribution is -2.13. The summed E-state index contributed by atoms with van der Waals surface area (Å²) in [6.45, 7) is 4.42. The molecule has 0 aliphatic carbocycles. The van der Waals surface area contributed by atoms with Crippen molar-refractivity contribution in [3.63, 3.8) is 0 Å². The van der Waals surface area contributed by atoms with Crippen molar-refractivity contribution >= 4 is 28.3 Å². The van der Waals surface area contributed by atoms with Gasteiger partial charge >= 0.3 is 0 Å². The van der Waals surface area contributed by atoms with Crippen LogP contribution in [-0.2, 0) is 6.54 Å². The molecule has 1 amide bonds. The van der Waals surface area contributed by atoms with Crippen LogP contribution in [0, 0.1) is 17.0 Å². The summed E-state index contributed by atoms with van der Waals surface area (Å²) in [5.41, 5.74) is 2.97. The van der Waals surface area contributed by atoms with Crippen molar-refractivity contribution in [2.45, 2.75) is 20.4 Å². The second-order valence-electron chi connectivity index (χ2n) is 5.32. The van der Waals surface area contributed by atoms with Crippen LogP contribution in [0.15, 0.2) is 36.4 Å². The fraction of sp³-hybridized carbons (Fsp3) is 0.188. The van der Waals surface area contributed by atoms with Crippen molar-refractivity contribution in [2.75, 3.05) is 5.32 Å². The van der Waals surface area contributed by atoms with Crippen molar-refractivity contribution in [3.8, 4) is 0 Å². The molecule has 2 aromatic carbocycles. The molecule has 0 aliphatic rings. The number of hydrogen-bond acceptors (Lipinski definition) is 5. The number of hydrogen-bond donors (Lipinski definition) is 1. The number of anilines is 1. The minimum atomic E-state index is -0.496. The molecule has 8 nitrogen and oxygen atoms in total. The Kier molecular flexibility index (Phi) is 3.95. The number of nitrogens with one attached hydrogen (secondary N) is 1. The number of aromatic nitrogens is 3. The highest BCUT2D eigenvalue weighted by molar-refractivity contribution is 6.06. The molecule has 0 fully saturated rings. The molecule has 3 rings (SSSR count). The van der Waals surface area contributed by atoms with Crippen molar-refractivity contribution < 1.29 is 9.72 Å². The lowest BCUT2D eigenvalue weighted by Gasteiger charge is -2.08. The number of aryl methyl sites for hydroxylation is 2. The van der Waals surface area contributed by atoms with Crippen LogP contribution in [0.2, 0.25) is 0 Å². The van der Waals surface area contributed by atoms with E-state index < -0.39 is 4.92 Å². The van der Waals surface area contributed by atoms with Crippen LogP contribution in [0.4, 0.5) is 11.4 Å². The van der Waals surface area contributed by atoms with Crippen LogP contribution in [0.5, 0.6) is 0 Å². The van der Waals surface area contributed by atoms with Gasteiger partial charge in [0, 0.05) is 24.2 Å². The first-order chi connectivity index (χ1) is 11.5. The molecule has 0 unspecified atom stereocenters. The first-order valence-corrected chi connectivity index (χ1v) is 7.39. The molecule has 3 aromatic rings. The second kappa shape index (κ2) is 6.07. The zero-order chi connectivity index (χ0) is 17.3. The summed E-state index contributed by atoms with van der Waals surface area (Å²) in [6, 6.07) is 9.47. The summed E-state index contributed by atoms with van der Waals surface area (Å²) >= 11 is 0. The highest BCUT2D eigenvalue weighted by Crippen LogP contribution is 2.23. The zero-order valence-corrected chi connectivity index (χ0v) is 13.2. The zero-order valence-electron chi connectivity index (χ0n) is 13.2. The lowest BCUT2D eigenvalue weighted by molar-refractivity contribution is -0.384. The van der Waals surface area contributed by atoms with E-state index in [9.17, 15) is 14.9 Å². The Labute approximate surface area is 137 Å².